The van der Waals surface area contributed by atoms with Gasteiger partial charge in [-0.05, 0) is 61.6 Å². The molecule has 2 aromatic carbocycles. The van der Waals surface area contributed by atoms with Crippen molar-refractivity contribution >= 4 is 21.7 Å². The fourth-order valence-electron chi connectivity index (χ4n) is 4.23. The van der Waals surface area contributed by atoms with E-state index in [1.165, 1.54) is 6.07 Å². The van der Waals surface area contributed by atoms with Gasteiger partial charge in [0.1, 0.15) is 5.82 Å². The van der Waals surface area contributed by atoms with Crippen LogP contribution >= 0.6 is 0 Å². The maximum Gasteiger partial charge on any atom is 0.223 e. The highest BCUT2D eigenvalue weighted by Crippen LogP contribution is 2.25. The molecule has 1 unspecified atom stereocenters. The number of hydrogen-bond donors (Lipinski definition) is 2. The van der Waals surface area contributed by atoms with Crippen molar-refractivity contribution in [3.8, 4) is 11.1 Å². The molecule has 1 aliphatic rings. The number of benzene rings is 2. The molecule has 1 fully saturated rings. The molecule has 34 heavy (non-hydrogen) atoms. The van der Waals surface area contributed by atoms with Gasteiger partial charge in [-0.15, -0.1) is 0 Å². The fourth-order valence-corrected chi connectivity index (χ4v) is 5.59. The number of nitrogens with one attached hydrogen (secondary N) is 2. The van der Waals surface area contributed by atoms with E-state index in [1.807, 2.05) is 30.3 Å². The summed E-state index contributed by atoms with van der Waals surface area (Å²) in [5, 5.41) is 2.94. The molecule has 1 heterocycles. The molecule has 0 saturated carbocycles. The first-order valence-electron chi connectivity index (χ1n) is 11.5. The Morgan fingerprint density at radius 3 is 2.59 bits per heavy atom. The normalized spacial score (nSPS) is 16.4. The van der Waals surface area contributed by atoms with Crippen LogP contribution in [0, 0.1) is 18.7 Å². The third-order valence-corrected chi connectivity index (χ3v) is 7.52. The summed E-state index contributed by atoms with van der Waals surface area (Å²) in [6.07, 6.45) is 1.80. The lowest BCUT2D eigenvalue weighted by Gasteiger charge is -2.32. The van der Waals surface area contributed by atoms with Gasteiger partial charge in [0.25, 0.3) is 0 Å². The van der Waals surface area contributed by atoms with E-state index in [1.54, 1.807) is 24.9 Å². The van der Waals surface area contributed by atoms with Gasteiger partial charge >= 0.3 is 0 Å². The molecule has 2 aromatic rings. The SMILES string of the molecule is CNCCC(=O)N1CCCC(CS(=O)(=O)NCC(=O)c2cc(-c3ccccc3)cc(C)c2F)C1. The molecule has 1 saturated heterocycles. The van der Waals surface area contributed by atoms with Crippen molar-refractivity contribution < 1.29 is 22.4 Å². The maximum absolute atomic E-state index is 14.7. The minimum Gasteiger partial charge on any atom is -0.342 e. The Bertz CT molecular complexity index is 1120. The molecule has 0 aromatic heterocycles. The van der Waals surface area contributed by atoms with E-state index in [0.29, 0.717) is 43.6 Å². The van der Waals surface area contributed by atoms with E-state index in [2.05, 4.69) is 10.0 Å². The average Bonchev–Trinajstić information content (AvgIpc) is 2.83. The molecular weight excluding hydrogens is 457 g/mol. The van der Waals surface area contributed by atoms with E-state index >= 15 is 0 Å². The molecule has 7 nitrogen and oxygen atoms in total. The molecular formula is C25H32FN3O4S. The summed E-state index contributed by atoms with van der Waals surface area (Å²) >= 11 is 0. The van der Waals surface area contributed by atoms with Crippen molar-refractivity contribution in [2.75, 3.05) is 39.0 Å². The Morgan fingerprint density at radius 2 is 1.88 bits per heavy atom. The number of rotatable bonds is 10. The zero-order chi connectivity index (χ0) is 24.7. The lowest BCUT2D eigenvalue weighted by molar-refractivity contribution is -0.132. The van der Waals surface area contributed by atoms with Gasteiger partial charge < -0.3 is 10.2 Å². The predicted octanol–water partition coefficient (Wildman–Crippen LogP) is 2.75. The number of aryl methyl sites for hydroxylation is 1. The number of carbonyl (C=O) groups excluding carboxylic acids is 2. The average molecular weight is 490 g/mol. The number of amides is 1. The van der Waals surface area contributed by atoms with Gasteiger partial charge in [0.05, 0.1) is 17.9 Å². The van der Waals surface area contributed by atoms with Gasteiger partial charge in [-0.1, -0.05) is 30.3 Å². The van der Waals surface area contributed by atoms with Gasteiger partial charge in [-0.2, -0.15) is 0 Å². The van der Waals surface area contributed by atoms with Crippen molar-refractivity contribution in [2.24, 2.45) is 5.92 Å². The smallest absolute Gasteiger partial charge is 0.223 e. The van der Waals surface area contributed by atoms with Crippen molar-refractivity contribution in [1.82, 2.24) is 14.9 Å². The summed E-state index contributed by atoms with van der Waals surface area (Å²) in [6, 6.07) is 12.4. The summed E-state index contributed by atoms with van der Waals surface area (Å²) in [4.78, 5) is 26.7. The number of sulfonamides is 1. The molecule has 2 N–H and O–H groups in total. The summed E-state index contributed by atoms with van der Waals surface area (Å²) in [5.41, 5.74) is 1.71. The zero-order valence-corrected chi connectivity index (χ0v) is 20.5. The van der Waals surface area contributed by atoms with Crippen LogP contribution in [-0.2, 0) is 14.8 Å². The molecule has 1 aliphatic heterocycles. The number of hydrogen-bond acceptors (Lipinski definition) is 5. The van der Waals surface area contributed by atoms with Crippen LogP contribution in [0.1, 0.15) is 35.2 Å². The van der Waals surface area contributed by atoms with Crippen LogP contribution in [0.2, 0.25) is 0 Å². The van der Waals surface area contributed by atoms with E-state index in [4.69, 9.17) is 0 Å². The highest BCUT2D eigenvalue weighted by atomic mass is 32.2. The molecule has 3 rings (SSSR count). The largest absolute Gasteiger partial charge is 0.342 e. The van der Waals surface area contributed by atoms with Gasteiger partial charge in [0, 0.05) is 26.1 Å². The molecule has 0 aliphatic carbocycles. The van der Waals surface area contributed by atoms with Gasteiger partial charge in [-0.25, -0.2) is 17.5 Å². The molecule has 9 heteroatoms. The second-order valence-electron chi connectivity index (χ2n) is 8.75. The second-order valence-corrected chi connectivity index (χ2v) is 10.6. The standard InChI is InChI=1S/C25H32FN3O4S/c1-18-13-21(20-8-4-3-5-9-20)14-22(25(18)26)23(30)15-28-34(32,33)17-19-7-6-12-29(16-19)24(31)10-11-27-2/h3-5,8-9,13-14,19,27-28H,6-7,10-12,15-17H2,1-2H3. The first kappa shape index (κ1) is 26.0. The second kappa shape index (κ2) is 11.7. The highest BCUT2D eigenvalue weighted by Gasteiger charge is 2.28. The van der Waals surface area contributed by atoms with Crippen LogP contribution in [-0.4, -0.2) is 64.0 Å². The Hall–Kier alpha value is -2.62. The van der Waals surface area contributed by atoms with Crippen molar-refractivity contribution in [2.45, 2.75) is 26.2 Å². The number of carbonyl (C=O) groups is 2. The first-order chi connectivity index (χ1) is 16.2. The van der Waals surface area contributed by atoms with Crippen LogP contribution < -0.4 is 10.0 Å². The molecule has 0 bridgehead atoms. The van der Waals surface area contributed by atoms with Crippen LogP contribution in [0.15, 0.2) is 42.5 Å². The topological polar surface area (TPSA) is 95.6 Å². The Morgan fingerprint density at radius 1 is 1.15 bits per heavy atom. The lowest BCUT2D eigenvalue weighted by atomic mass is 9.98. The Balaban J connectivity index is 1.63. The van der Waals surface area contributed by atoms with E-state index in [9.17, 15) is 22.4 Å². The lowest BCUT2D eigenvalue weighted by Crippen LogP contribution is -2.44. The third-order valence-electron chi connectivity index (χ3n) is 6.03. The molecule has 1 atom stereocenters. The molecule has 184 valence electrons. The van der Waals surface area contributed by atoms with Gasteiger partial charge in [-0.3, -0.25) is 9.59 Å². The van der Waals surface area contributed by atoms with Gasteiger partial charge in [0.2, 0.25) is 15.9 Å². The number of likely N-dealkylation sites (tertiary alicyclic amines) is 1. The molecule has 0 spiro atoms. The van der Waals surface area contributed by atoms with Gasteiger partial charge in [0.15, 0.2) is 5.78 Å². The predicted molar refractivity (Wildman–Crippen MR) is 131 cm³/mol. The fraction of sp³-hybridized carbons (Fsp3) is 0.440. The highest BCUT2D eigenvalue weighted by molar-refractivity contribution is 7.89. The summed E-state index contributed by atoms with van der Waals surface area (Å²) in [6.45, 7) is 2.64. The molecule has 1 amide bonds. The van der Waals surface area contributed by atoms with Crippen LogP contribution in [0.25, 0.3) is 11.1 Å². The number of piperidine rings is 1. The van der Waals surface area contributed by atoms with Crippen molar-refractivity contribution in [1.29, 1.82) is 0 Å². The van der Waals surface area contributed by atoms with Crippen LogP contribution in [0.3, 0.4) is 0 Å². The van der Waals surface area contributed by atoms with E-state index in [0.717, 1.165) is 12.0 Å². The van der Waals surface area contributed by atoms with Crippen LogP contribution in [0.5, 0.6) is 0 Å². The minimum absolute atomic E-state index is 0.00345. The number of nitrogens with zero attached hydrogens (tertiary/aromatic N) is 1. The zero-order valence-electron chi connectivity index (χ0n) is 19.6. The van der Waals surface area contributed by atoms with Crippen LogP contribution in [0.4, 0.5) is 4.39 Å². The van der Waals surface area contributed by atoms with Crippen molar-refractivity contribution in [3.63, 3.8) is 0 Å². The molecule has 0 radical (unpaired) electrons. The Kier molecular flexibility index (Phi) is 8.93. The monoisotopic (exact) mass is 489 g/mol. The number of Topliss-reactive ketones (excluding diaryl/α,β-unsaturated/α-hetero) is 1. The number of halogens is 1. The maximum atomic E-state index is 14.7. The quantitative estimate of drug-likeness (QED) is 0.501. The Labute approximate surface area is 200 Å². The number of ketones is 1. The summed E-state index contributed by atoms with van der Waals surface area (Å²) in [7, 11) is -2.00. The summed E-state index contributed by atoms with van der Waals surface area (Å²) in [5.74, 6) is -1.66. The van der Waals surface area contributed by atoms with E-state index in [-0.39, 0.29) is 23.1 Å². The minimum atomic E-state index is -3.78. The van der Waals surface area contributed by atoms with Crippen molar-refractivity contribution in [3.05, 3.63) is 59.4 Å². The summed E-state index contributed by atoms with van der Waals surface area (Å²) < 4.78 is 42.3. The third kappa shape index (κ3) is 6.94. The van der Waals surface area contributed by atoms with E-state index < -0.39 is 28.2 Å². The first-order valence-corrected chi connectivity index (χ1v) is 13.1.